The highest BCUT2D eigenvalue weighted by molar-refractivity contribution is 6.65. The minimum absolute atomic E-state index is 0.300. The number of halogens is 4. The van der Waals surface area contributed by atoms with Crippen LogP contribution in [0.1, 0.15) is 11.1 Å². The third-order valence-corrected chi connectivity index (χ3v) is 2.86. The van der Waals surface area contributed by atoms with Crippen LogP contribution < -0.4 is 0 Å². The maximum Gasteiger partial charge on any atom is 0.416 e. The van der Waals surface area contributed by atoms with Crippen molar-refractivity contribution >= 4 is 22.5 Å². The lowest BCUT2D eigenvalue weighted by Crippen LogP contribution is -2.05. The van der Waals surface area contributed by atoms with Gasteiger partial charge in [-0.05, 0) is 29.8 Å². The quantitative estimate of drug-likeness (QED) is 0.689. The van der Waals surface area contributed by atoms with Crippen LogP contribution in [0.15, 0.2) is 59.6 Å². The largest absolute Gasteiger partial charge is 0.416 e. The highest BCUT2D eigenvalue weighted by Crippen LogP contribution is 2.29. The molecule has 2 aromatic carbocycles. The molecule has 0 radical (unpaired) electrons. The topological polar surface area (TPSA) is 12.4 Å². The molecule has 0 amide bonds. The molecule has 0 aliphatic carbocycles. The number of alkyl halides is 3. The van der Waals surface area contributed by atoms with Crippen molar-refractivity contribution in [2.24, 2.45) is 4.99 Å². The molecular weight excluding hydrogens is 287 g/mol. The summed E-state index contributed by atoms with van der Waals surface area (Å²) in [6.07, 6.45) is -4.02. The summed E-state index contributed by atoms with van der Waals surface area (Å²) in [5.41, 5.74) is 0.726. The fourth-order valence-corrected chi connectivity index (χ4v) is 1.91. The predicted molar refractivity (Wildman–Crippen MR) is 74.5 cm³/mol. The van der Waals surface area contributed by atoms with E-state index in [0.717, 1.165) is 12.1 Å². The Bertz CT molecular complexity index is 589. The van der Waals surface area contributed by atoms with Gasteiger partial charge >= 0.3 is 6.18 Å². The lowest BCUT2D eigenvalue weighted by molar-refractivity contribution is -0.137. The van der Waals surface area contributed by atoms with Crippen LogP contribution in [0.4, 0.5) is 18.9 Å². The van der Waals surface area contributed by atoms with Crippen LogP contribution in [0.5, 0.6) is 0 Å². The van der Waals surface area contributed by atoms with Crippen LogP contribution in [0.25, 0.3) is 0 Å². The summed E-state index contributed by atoms with van der Waals surface area (Å²) < 4.78 is 37.3. The third kappa shape index (κ3) is 4.10. The van der Waals surface area contributed by atoms with Gasteiger partial charge in [0.25, 0.3) is 0 Å². The van der Waals surface area contributed by atoms with Gasteiger partial charge in [-0.1, -0.05) is 41.9 Å². The number of hydrogen-bond acceptors (Lipinski definition) is 1. The van der Waals surface area contributed by atoms with Gasteiger partial charge in [0.15, 0.2) is 0 Å². The molecule has 104 valence electrons. The minimum Gasteiger partial charge on any atom is -0.241 e. The Morgan fingerprint density at radius 2 is 1.55 bits per heavy atom. The van der Waals surface area contributed by atoms with Crippen LogP contribution in [0.2, 0.25) is 0 Å². The van der Waals surface area contributed by atoms with Gasteiger partial charge in [0.2, 0.25) is 0 Å². The maximum atomic E-state index is 12.4. The molecule has 0 unspecified atom stereocenters. The number of rotatable bonds is 3. The number of hydrogen-bond donors (Lipinski definition) is 0. The van der Waals surface area contributed by atoms with Crippen LogP contribution >= 0.6 is 11.6 Å². The van der Waals surface area contributed by atoms with Crippen molar-refractivity contribution in [2.75, 3.05) is 0 Å². The van der Waals surface area contributed by atoms with E-state index in [1.807, 2.05) is 18.2 Å². The van der Waals surface area contributed by atoms with E-state index in [2.05, 4.69) is 4.99 Å². The summed E-state index contributed by atoms with van der Waals surface area (Å²) in [7, 11) is 0. The van der Waals surface area contributed by atoms with Crippen molar-refractivity contribution in [3.63, 3.8) is 0 Å². The van der Waals surface area contributed by atoms with E-state index in [-0.39, 0.29) is 0 Å². The molecule has 0 bridgehead atoms. The molecular formula is C15H11ClF3N. The third-order valence-electron chi connectivity index (χ3n) is 2.64. The fraction of sp³-hybridized carbons (Fsp3) is 0.133. The molecule has 0 heterocycles. The van der Waals surface area contributed by atoms with Gasteiger partial charge in [0.1, 0.15) is 5.17 Å². The van der Waals surface area contributed by atoms with E-state index in [9.17, 15) is 13.2 Å². The van der Waals surface area contributed by atoms with Crippen LogP contribution in [-0.4, -0.2) is 5.17 Å². The SMILES string of the molecule is FC(F)(F)c1ccc(C/C(Cl)=N/c2ccccc2)cc1. The Morgan fingerprint density at radius 1 is 0.950 bits per heavy atom. The Morgan fingerprint density at radius 3 is 2.10 bits per heavy atom. The summed E-state index contributed by atoms with van der Waals surface area (Å²) in [5.74, 6) is 0. The second kappa shape index (κ2) is 6.09. The highest BCUT2D eigenvalue weighted by Gasteiger charge is 2.29. The molecule has 0 atom stereocenters. The van der Waals surface area contributed by atoms with Crippen molar-refractivity contribution in [1.29, 1.82) is 0 Å². The van der Waals surface area contributed by atoms with Gasteiger partial charge in [-0.25, -0.2) is 4.99 Å². The lowest BCUT2D eigenvalue weighted by atomic mass is 10.1. The smallest absolute Gasteiger partial charge is 0.241 e. The zero-order chi connectivity index (χ0) is 14.6. The Hall–Kier alpha value is -1.81. The van der Waals surface area contributed by atoms with Crippen LogP contribution in [0.3, 0.4) is 0 Å². The number of aliphatic imine (C=N–C) groups is 1. The molecule has 0 fully saturated rings. The summed E-state index contributed by atoms with van der Waals surface area (Å²) in [6, 6.07) is 14.0. The molecule has 2 rings (SSSR count). The average molecular weight is 298 g/mol. The number of para-hydroxylation sites is 1. The Kier molecular flexibility index (Phi) is 4.45. The van der Waals surface area contributed by atoms with E-state index in [4.69, 9.17) is 11.6 Å². The average Bonchev–Trinajstić information content (AvgIpc) is 2.39. The first-order chi connectivity index (χ1) is 9.45. The molecule has 5 heteroatoms. The van der Waals surface area contributed by atoms with Gasteiger partial charge in [-0.2, -0.15) is 13.2 Å². The Labute approximate surface area is 119 Å². The summed E-state index contributed by atoms with van der Waals surface area (Å²) >= 11 is 6.01. The zero-order valence-corrected chi connectivity index (χ0v) is 11.1. The predicted octanol–water partition coefficient (Wildman–Crippen LogP) is 5.22. The second-order valence-electron chi connectivity index (χ2n) is 4.20. The van der Waals surface area contributed by atoms with E-state index < -0.39 is 11.7 Å². The summed E-state index contributed by atoms with van der Waals surface area (Å²) in [5, 5.41) is 0.330. The molecule has 0 N–H and O–H groups in total. The van der Waals surface area contributed by atoms with Crippen LogP contribution in [-0.2, 0) is 12.6 Å². The molecule has 0 aromatic heterocycles. The normalized spacial score (nSPS) is 12.5. The molecule has 2 aromatic rings. The molecule has 0 aliphatic rings. The number of benzene rings is 2. The van der Waals surface area contributed by atoms with Crippen molar-refractivity contribution in [3.05, 3.63) is 65.7 Å². The highest BCUT2D eigenvalue weighted by atomic mass is 35.5. The lowest BCUT2D eigenvalue weighted by Gasteiger charge is -2.07. The van der Waals surface area contributed by atoms with Crippen molar-refractivity contribution in [1.82, 2.24) is 0 Å². The van der Waals surface area contributed by atoms with Crippen molar-refractivity contribution < 1.29 is 13.2 Å². The first-order valence-corrected chi connectivity index (χ1v) is 6.27. The van der Waals surface area contributed by atoms with E-state index >= 15 is 0 Å². The van der Waals surface area contributed by atoms with E-state index in [0.29, 0.717) is 22.8 Å². The van der Waals surface area contributed by atoms with Crippen LogP contribution in [0, 0.1) is 0 Å². The first-order valence-electron chi connectivity index (χ1n) is 5.89. The number of nitrogens with zero attached hydrogens (tertiary/aromatic N) is 1. The van der Waals surface area contributed by atoms with E-state index in [1.165, 1.54) is 12.1 Å². The Balaban J connectivity index is 2.09. The molecule has 20 heavy (non-hydrogen) atoms. The zero-order valence-electron chi connectivity index (χ0n) is 10.4. The van der Waals surface area contributed by atoms with Crippen molar-refractivity contribution in [2.45, 2.75) is 12.6 Å². The molecule has 0 saturated heterocycles. The van der Waals surface area contributed by atoms with Crippen molar-refractivity contribution in [3.8, 4) is 0 Å². The fourth-order valence-electron chi connectivity index (χ4n) is 1.66. The minimum atomic E-state index is -4.32. The molecule has 1 nitrogen and oxygen atoms in total. The monoisotopic (exact) mass is 297 g/mol. The van der Waals surface area contributed by atoms with Gasteiger partial charge in [-0.3, -0.25) is 0 Å². The van der Waals surface area contributed by atoms with Gasteiger partial charge in [-0.15, -0.1) is 0 Å². The second-order valence-corrected chi connectivity index (χ2v) is 4.63. The van der Waals surface area contributed by atoms with Gasteiger partial charge in [0, 0.05) is 6.42 Å². The molecule has 0 saturated carbocycles. The summed E-state index contributed by atoms with van der Waals surface area (Å²) in [6.45, 7) is 0. The first kappa shape index (κ1) is 14.6. The van der Waals surface area contributed by atoms with Gasteiger partial charge < -0.3 is 0 Å². The molecule has 0 spiro atoms. The maximum absolute atomic E-state index is 12.4. The molecule has 0 aliphatic heterocycles. The summed E-state index contributed by atoms with van der Waals surface area (Å²) in [4.78, 5) is 4.19. The van der Waals surface area contributed by atoms with Gasteiger partial charge in [0.05, 0.1) is 11.3 Å². The van der Waals surface area contributed by atoms with E-state index in [1.54, 1.807) is 12.1 Å². The standard InChI is InChI=1S/C15H11ClF3N/c16-14(20-13-4-2-1-3-5-13)10-11-6-8-12(9-7-11)15(17,18)19/h1-9H,10H2/b20-14-.